The van der Waals surface area contributed by atoms with E-state index in [1.807, 2.05) is 0 Å². The largest absolute Gasteiger partial charge is 0.497 e. The molecule has 7 heteroatoms. The Morgan fingerprint density at radius 3 is 2.58 bits per heavy atom. The zero-order valence-corrected chi connectivity index (χ0v) is 14.0. The van der Waals surface area contributed by atoms with Crippen LogP contribution in [0.25, 0.3) is 6.08 Å². The highest BCUT2D eigenvalue weighted by Gasteiger charge is 2.37. The number of halogens is 1. The summed E-state index contributed by atoms with van der Waals surface area (Å²) in [6.07, 6.45) is 1.60. The van der Waals surface area contributed by atoms with E-state index in [0.717, 1.165) is 10.4 Å². The summed E-state index contributed by atoms with van der Waals surface area (Å²) in [7, 11) is -2.64. The van der Waals surface area contributed by atoms with Crippen LogP contribution in [-0.2, 0) is 10.0 Å². The SMILES string of the molecule is COc1cccc(N2C(C(C)N)=Cc3cccc(F)c3S2(=O)=O)c1. The third-order valence-electron chi connectivity index (χ3n) is 3.79. The minimum atomic E-state index is -4.13. The van der Waals surface area contributed by atoms with Crippen LogP contribution in [0.5, 0.6) is 5.75 Å². The summed E-state index contributed by atoms with van der Waals surface area (Å²) in [5.74, 6) is -0.300. The van der Waals surface area contributed by atoms with Crippen molar-refractivity contribution in [2.45, 2.75) is 17.9 Å². The number of anilines is 1. The third kappa shape index (κ3) is 2.55. The molecule has 1 unspecified atom stereocenters. The van der Waals surface area contributed by atoms with E-state index in [0.29, 0.717) is 22.7 Å². The highest BCUT2D eigenvalue weighted by atomic mass is 32.2. The Labute approximate surface area is 140 Å². The Kier molecular flexibility index (Phi) is 4.06. The summed E-state index contributed by atoms with van der Waals surface area (Å²) in [5, 5.41) is 0. The van der Waals surface area contributed by atoms with Crippen LogP contribution >= 0.6 is 0 Å². The minimum Gasteiger partial charge on any atom is -0.497 e. The lowest BCUT2D eigenvalue weighted by molar-refractivity contribution is 0.415. The summed E-state index contributed by atoms with van der Waals surface area (Å²) >= 11 is 0. The molecule has 0 aromatic heterocycles. The molecule has 0 saturated carbocycles. The number of hydrogen-bond acceptors (Lipinski definition) is 4. The van der Waals surface area contributed by atoms with E-state index >= 15 is 0 Å². The molecule has 3 rings (SSSR count). The number of fused-ring (bicyclic) bond motifs is 1. The molecule has 2 aromatic carbocycles. The quantitative estimate of drug-likeness (QED) is 0.926. The first kappa shape index (κ1) is 16.5. The Morgan fingerprint density at radius 1 is 1.21 bits per heavy atom. The molecule has 2 N–H and O–H groups in total. The Bertz CT molecular complexity index is 923. The highest BCUT2D eigenvalue weighted by molar-refractivity contribution is 7.93. The molecule has 1 aliphatic rings. The van der Waals surface area contributed by atoms with Gasteiger partial charge in [-0.15, -0.1) is 0 Å². The molecule has 0 radical (unpaired) electrons. The van der Waals surface area contributed by atoms with Gasteiger partial charge in [-0.1, -0.05) is 18.2 Å². The fraction of sp³-hybridized carbons (Fsp3) is 0.176. The number of rotatable bonds is 3. The average Bonchev–Trinajstić information content (AvgIpc) is 2.53. The predicted molar refractivity (Wildman–Crippen MR) is 90.7 cm³/mol. The van der Waals surface area contributed by atoms with Crippen molar-refractivity contribution in [1.29, 1.82) is 0 Å². The first-order valence-electron chi connectivity index (χ1n) is 7.31. The maximum Gasteiger partial charge on any atom is 0.271 e. The van der Waals surface area contributed by atoms with Crippen molar-refractivity contribution < 1.29 is 17.5 Å². The molecule has 126 valence electrons. The van der Waals surface area contributed by atoms with Crippen molar-refractivity contribution >= 4 is 21.8 Å². The predicted octanol–water partition coefficient (Wildman–Crippen LogP) is 2.73. The van der Waals surface area contributed by atoms with Crippen molar-refractivity contribution in [3.8, 4) is 5.75 Å². The van der Waals surface area contributed by atoms with Crippen LogP contribution in [0.1, 0.15) is 12.5 Å². The number of benzene rings is 2. The smallest absolute Gasteiger partial charge is 0.271 e. The fourth-order valence-corrected chi connectivity index (χ4v) is 4.51. The molecule has 0 spiro atoms. The molecular weight excluding hydrogens is 331 g/mol. The molecule has 0 bridgehead atoms. The van der Waals surface area contributed by atoms with Crippen LogP contribution < -0.4 is 14.8 Å². The lowest BCUT2D eigenvalue weighted by Crippen LogP contribution is -2.40. The molecule has 0 fully saturated rings. The van der Waals surface area contributed by atoms with Gasteiger partial charge < -0.3 is 10.5 Å². The molecular formula is C17H17FN2O3S. The van der Waals surface area contributed by atoms with E-state index in [9.17, 15) is 12.8 Å². The van der Waals surface area contributed by atoms with Gasteiger partial charge in [0.15, 0.2) is 0 Å². The molecule has 0 saturated heterocycles. The number of ether oxygens (including phenoxy) is 1. The zero-order chi connectivity index (χ0) is 17.5. The lowest BCUT2D eigenvalue weighted by Gasteiger charge is -2.33. The van der Waals surface area contributed by atoms with Crippen LogP contribution in [0.3, 0.4) is 0 Å². The maximum absolute atomic E-state index is 14.2. The van der Waals surface area contributed by atoms with Gasteiger partial charge in [-0.25, -0.2) is 17.1 Å². The van der Waals surface area contributed by atoms with Gasteiger partial charge in [-0.05, 0) is 36.8 Å². The van der Waals surface area contributed by atoms with Gasteiger partial charge in [-0.2, -0.15) is 0 Å². The Balaban J connectivity index is 2.30. The second kappa shape index (κ2) is 5.92. The third-order valence-corrected chi connectivity index (χ3v) is 5.64. The van der Waals surface area contributed by atoms with E-state index in [4.69, 9.17) is 10.5 Å². The molecule has 0 amide bonds. The summed E-state index contributed by atoms with van der Waals surface area (Å²) in [4.78, 5) is -0.350. The van der Waals surface area contributed by atoms with Gasteiger partial charge in [0.1, 0.15) is 16.5 Å². The van der Waals surface area contributed by atoms with Gasteiger partial charge in [0.05, 0.1) is 18.5 Å². The monoisotopic (exact) mass is 348 g/mol. The molecule has 5 nitrogen and oxygen atoms in total. The molecule has 1 heterocycles. The van der Waals surface area contributed by atoms with Gasteiger partial charge in [0, 0.05) is 12.1 Å². The lowest BCUT2D eigenvalue weighted by atomic mass is 10.1. The van der Waals surface area contributed by atoms with Crippen LogP contribution in [-0.4, -0.2) is 21.6 Å². The van der Waals surface area contributed by atoms with Crippen molar-refractivity contribution in [2.75, 3.05) is 11.4 Å². The summed E-state index contributed by atoms with van der Waals surface area (Å²) in [6, 6.07) is 10.1. The van der Waals surface area contributed by atoms with Crippen LogP contribution in [0.4, 0.5) is 10.1 Å². The molecule has 0 aliphatic carbocycles. The Hall–Kier alpha value is -2.38. The van der Waals surface area contributed by atoms with Crippen molar-refractivity contribution in [2.24, 2.45) is 5.73 Å². The number of hydrogen-bond donors (Lipinski definition) is 1. The fourth-order valence-electron chi connectivity index (χ4n) is 2.70. The van der Waals surface area contributed by atoms with E-state index in [1.165, 1.54) is 13.2 Å². The average molecular weight is 348 g/mol. The molecule has 2 aromatic rings. The van der Waals surface area contributed by atoms with Gasteiger partial charge in [0.2, 0.25) is 0 Å². The first-order chi connectivity index (χ1) is 11.4. The normalized spacial score (nSPS) is 17.0. The highest BCUT2D eigenvalue weighted by Crippen LogP contribution is 2.38. The van der Waals surface area contributed by atoms with E-state index < -0.39 is 21.9 Å². The zero-order valence-electron chi connectivity index (χ0n) is 13.2. The van der Waals surface area contributed by atoms with Crippen LogP contribution in [0, 0.1) is 5.82 Å². The van der Waals surface area contributed by atoms with E-state index in [2.05, 4.69) is 0 Å². The number of nitrogens with two attached hydrogens (primary N) is 1. The van der Waals surface area contributed by atoms with Crippen LogP contribution in [0.15, 0.2) is 53.1 Å². The molecule has 1 aliphatic heterocycles. The summed E-state index contributed by atoms with van der Waals surface area (Å²) < 4.78 is 46.6. The van der Waals surface area contributed by atoms with Gasteiger partial charge >= 0.3 is 0 Å². The van der Waals surface area contributed by atoms with Gasteiger partial charge in [-0.3, -0.25) is 0 Å². The summed E-state index contributed by atoms with van der Waals surface area (Å²) in [6.45, 7) is 1.68. The van der Waals surface area contributed by atoms with E-state index in [1.54, 1.807) is 43.3 Å². The second-order valence-corrected chi connectivity index (χ2v) is 7.21. The Morgan fingerprint density at radius 2 is 1.92 bits per heavy atom. The first-order valence-corrected chi connectivity index (χ1v) is 8.75. The van der Waals surface area contributed by atoms with Crippen LogP contribution in [0.2, 0.25) is 0 Å². The topological polar surface area (TPSA) is 72.6 Å². The van der Waals surface area contributed by atoms with Crippen molar-refractivity contribution in [3.63, 3.8) is 0 Å². The van der Waals surface area contributed by atoms with Gasteiger partial charge in [0.25, 0.3) is 10.0 Å². The minimum absolute atomic E-state index is 0.293. The molecule has 24 heavy (non-hydrogen) atoms. The van der Waals surface area contributed by atoms with Crippen molar-refractivity contribution in [1.82, 2.24) is 0 Å². The standard InChI is InChI=1S/C17H17FN2O3S/c1-11(19)16-9-12-5-3-8-15(18)17(12)24(21,22)20(16)13-6-4-7-14(10-13)23-2/h3-11H,19H2,1-2H3. The summed E-state index contributed by atoms with van der Waals surface area (Å²) in [5.41, 5.74) is 6.98. The maximum atomic E-state index is 14.2. The van der Waals surface area contributed by atoms with Crippen molar-refractivity contribution in [3.05, 3.63) is 59.5 Å². The van der Waals surface area contributed by atoms with E-state index in [-0.39, 0.29) is 4.90 Å². The number of nitrogens with zero attached hydrogens (tertiary/aromatic N) is 1. The second-order valence-electron chi connectivity index (χ2n) is 5.49. The number of sulfonamides is 1. The molecule has 1 atom stereocenters. The number of methoxy groups -OCH3 is 1.